The van der Waals surface area contributed by atoms with Crippen molar-refractivity contribution in [3.8, 4) is 5.19 Å². The Hall–Kier alpha value is -2.59. The molecule has 0 bridgehead atoms. The van der Waals surface area contributed by atoms with Crippen LogP contribution < -0.4 is 10.1 Å². The van der Waals surface area contributed by atoms with Crippen LogP contribution in [0.25, 0.3) is 5.65 Å². The van der Waals surface area contributed by atoms with Crippen LogP contribution in [-0.2, 0) is 13.0 Å². The second-order valence-corrected chi connectivity index (χ2v) is 11.3. The van der Waals surface area contributed by atoms with Gasteiger partial charge < -0.3 is 14.5 Å². The maximum atomic E-state index is 13.1. The molecule has 0 aromatic carbocycles. The summed E-state index contributed by atoms with van der Waals surface area (Å²) in [5.41, 5.74) is 3.18. The molecule has 36 heavy (non-hydrogen) atoms. The third kappa shape index (κ3) is 6.03. The molecule has 0 atom stereocenters. The van der Waals surface area contributed by atoms with Gasteiger partial charge in [-0.1, -0.05) is 11.3 Å². The number of pyridine rings is 1. The Balaban J connectivity index is 1.06. The fourth-order valence-electron chi connectivity index (χ4n) is 5.21. The van der Waals surface area contributed by atoms with E-state index < -0.39 is 12.5 Å². The number of hydrogen-bond acceptors (Lipinski definition) is 6. The summed E-state index contributed by atoms with van der Waals surface area (Å²) in [6.07, 6.45) is 10.1. The SMILES string of the molecule is Cc1cn2cccc(C(=O)N[C@H]3CC[C@H](CCN4CCc5sc(OCC(C)(F)F)nc5C4)CC3)c2n1. The zero-order valence-electron chi connectivity index (χ0n) is 20.8. The molecule has 1 N–H and O–H groups in total. The first-order chi connectivity index (χ1) is 17.2. The highest BCUT2D eigenvalue weighted by molar-refractivity contribution is 7.13. The Kier molecular flexibility index (Phi) is 7.25. The molecule has 1 saturated carbocycles. The third-order valence-electron chi connectivity index (χ3n) is 7.12. The Morgan fingerprint density at radius 2 is 2.08 bits per heavy atom. The van der Waals surface area contributed by atoms with Crippen molar-refractivity contribution in [3.05, 3.63) is 46.4 Å². The van der Waals surface area contributed by atoms with Crippen molar-refractivity contribution in [3.63, 3.8) is 0 Å². The molecule has 3 aromatic heterocycles. The number of aryl methyl sites for hydroxylation is 1. The lowest BCUT2D eigenvalue weighted by atomic mass is 9.84. The van der Waals surface area contributed by atoms with Crippen molar-refractivity contribution < 1.29 is 18.3 Å². The van der Waals surface area contributed by atoms with E-state index in [9.17, 15) is 13.6 Å². The molecule has 0 saturated heterocycles. The van der Waals surface area contributed by atoms with Gasteiger partial charge in [0.05, 0.1) is 17.0 Å². The lowest BCUT2D eigenvalue weighted by molar-refractivity contribution is -0.0230. The van der Waals surface area contributed by atoms with E-state index in [1.54, 1.807) is 0 Å². The quantitative estimate of drug-likeness (QED) is 0.462. The molecule has 10 heteroatoms. The molecule has 194 valence electrons. The van der Waals surface area contributed by atoms with Gasteiger partial charge in [-0.2, -0.15) is 0 Å². The highest BCUT2D eigenvalue weighted by Gasteiger charge is 2.27. The van der Waals surface area contributed by atoms with E-state index in [1.165, 1.54) is 11.3 Å². The summed E-state index contributed by atoms with van der Waals surface area (Å²) in [4.78, 5) is 25.4. The van der Waals surface area contributed by atoms with Gasteiger partial charge in [-0.15, -0.1) is 0 Å². The minimum Gasteiger partial charge on any atom is -0.464 e. The van der Waals surface area contributed by atoms with Crippen LogP contribution in [0, 0.1) is 12.8 Å². The van der Waals surface area contributed by atoms with Crippen LogP contribution >= 0.6 is 11.3 Å². The van der Waals surface area contributed by atoms with Crippen LogP contribution in [0.15, 0.2) is 24.5 Å². The van der Waals surface area contributed by atoms with Crippen LogP contribution in [0.1, 0.15) is 65.7 Å². The van der Waals surface area contributed by atoms with Gasteiger partial charge in [0.2, 0.25) is 0 Å². The van der Waals surface area contributed by atoms with Crippen LogP contribution in [0.3, 0.4) is 0 Å². The van der Waals surface area contributed by atoms with Crippen molar-refractivity contribution in [2.24, 2.45) is 5.92 Å². The first-order valence-electron chi connectivity index (χ1n) is 12.7. The molecule has 1 amide bonds. The van der Waals surface area contributed by atoms with Gasteiger partial charge in [-0.05, 0) is 70.0 Å². The summed E-state index contributed by atoms with van der Waals surface area (Å²) in [5.74, 6) is -2.25. The Bertz CT molecular complexity index is 1210. The predicted octanol–water partition coefficient (Wildman–Crippen LogP) is 4.87. The van der Waals surface area contributed by atoms with Gasteiger partial charge in [-0.3, -0.25) is 9.69 Å². The van der Waals surface area contributed by atoms with Gasteiger partial charge in [0.15, 0.2) is 6.61 Å². The molecule has 5 rings (SSSR count). The average Bonchev–Trinajstić information content (AvgIpc) is 3.43. The highest BCUT2D eigenvalue weighted by atomic mass is 32.1. The van der Waals surface area contributed by atoms with Crippen molar-refractivity contribution >= 4 is 22.9 Å². The number of alkyl halides is 2. The van der Waals surface area contributed by atoms with E-state index in [2.05, 4.69) is 20.2 Å². The van der Waals surface area contributed by atoms with Crippen LogP contribution in [0.2, 0.25) is 0 Å². The monoisotopic (exact) mass is 517 g/mol. The standard InChI is InChI=1S/C26H33F2N5O2S/c1-17-14-33-11-3-4-20(23(33)29-17)24(34)30-19-7-5-18(6-8-19)9-12-32-13-10-22-21(15-32)31-25(36-22)35-16-26(2,27)28/h3-4,11,14,18-19H,5-10,12-13,15-16H2,1-2H3,(H,30,34)/t18-,19-. The maximum absolute atomic E-state index is 13.1. The molecule has 4 heterocycles. The number of aromatic nitrogens is 3. The smallest absolute Gasteiger partial charge is 0.278 e. The largest absolute Gasteiger partial charge is 0.464 e. The summed E-state index contributed by atoms with van der Waals surface area (Å²) >= 11 is 1.40. The van der Waals surface area contributed by atoms with E-state index in [0.29, 0.717) is 22.3 Å². The molecule has 1 aliphatic heterocycles. The number of nitrogens with zero attached hydrogens (tertiary/aromatic N) is 4. The number of thiazole rings is 1. The molecule has 3 aromatic rings. The highest BCUT2D eigenvalue weighted by Crippen LogP contribution is 2.32. The Morgan fingerprint density at radius 3 is 2.86 bits per heavy atom. The number of rotatable bonds is 8. The fraction of sp³-hybridized carbons (Fsp3) is 0.577. The lowest BCUT2D eigenvalue weighted by Crippen LogP contribution is -2.38. The van der Waals surface area contributed by atoms with Crippen molar-refractivity contribution in [1.82, 2.24) is 24.6 Å². The second kappa shape index (κ2) is 10.4. The molecule has 1 aliphatic carbocycles. The normalized spacial score (nSPS) is 20.9. The van der Waals surface area contributed by atoms with Crippen molar-refractivity contribution in [1.29, 1.82) is 0 Å². The molecule has 0 radical (unpaired) electrons. The fourth-order valence-corrected chi connectivity index (χ4v) is 6.11. The Morgan fingerprint density at radius 1 is 1.28 bits per heavy atom. The first kappa shape index (κ1) is 25.1. The number of ether oxygens (including phenoxy) is 1. The molecule has 2 aliphatic rings. The summed E-state index contributed by atoms with van der Waals surface area (Å²) in [6, 6.07) is 3.92. The zero-order valence-corrected chi connectivity index (χ0v) is 21.6. The minimum absolute atomic E-state index is 0.0481. The van der Waals surface area contributed by atoms with Crippen molar-refractivity contribution in [2.45, 2.75) is 70.9 Å². The molecule has 0 spiro atoms. The zero-order chi connectivity index (χ0) is 25.3. The number of amides is 1. The predicted molar refractivity (Wildman–Crippen MR) is 135 cm³/mol. The van der Waals surface area contributed by atoms with Gasteiger partial charge >= 0.3 is 0 Å². The van der Waals surface area contributed by atoms with Gasteiger partial charge in [-0.25, -0.2) is 18.7 Å². The number of imidazole rings is 1. The molecule has 0 unspecified atom stereocenters. The molecule has 1 fully saturated rings. The van der Waals surface area contributed by atoms with Crippen LogP contribution in [0.4, 0.5) is 8.78 Å². The number of carbonyl (C=O) groups excluding carboxylic acids is 1. The topological polar surface area (TPSA) is 71.8 Å². The molecule has 7 nitrogen and oxygen atoms in total. The summed E-state index contributed by atoms with van der Waals surface area (Å²) in [5, 5.41) is 3.58. The first-order valence-corrected chi connectivity index (χ1v) is 13.5. The number of halogens is 2. The summed E-state index contributed by atoms with van der Waals surface area (Å²) in [7, 11) is 0. The van der Waals surface area contributed by atoms with Gasteiger partial charge in [0, 0.05) is 43.3 Å². The third-order valence-corrected chi connectivity index (χ3v) is 8.19. The van der Waals surface area contributed by atoms with E-state index in [0.717, 1.165) is 81.3 Å². The number of carbonyl (C=O) groups is 1. The van der Waals surface area contributed by atoms with Gasteiger partial charge in [0.1, 0.15) is 5.65 Å². The molecular weight excluding hydrogens is 484 g/mol. The van der Waals surface area contributed by atoms with Crippen molar-refractivity contribution in [2.75, 3.05) is 19.7 Å². The summed E-state index contributed by atoms with van der Waals surface area (Å²) in [6.45, 7) is 4.86. The minimum atomic E-state index is -2.85. The maximum Gasteiger partial charge on any atom is 0.278 e. The van der Waals surface area contributed by atoms with E-state index in [1.807, 2.05) is 35.9 Å². The lowest BCUT2D eigenvalue weighted by Gasteiger charge is -2.32. The van der Waals surface area contributed by atoms with Crippen LogP contribution in [-0.4, -0.2) is 56.8 Å². The van der Waals surface area contributed by atoms with Gasteiger partial charge in [0.25, 0.3) is 17.0 Å². The number of fused-ring (bicyclic) bond motifs is 2. The Labute approximate surface area is 213 Å². The van der Waals surface area contributed by atoms with Crippen LogP contribution in [0.5, 0.6) is 5.19 Å². The average molecular weight is 518 g/mol. The number of nitrogens with one attached hydrogen (secondary N) is 1. The number of hydrogen-bond donors (Lipinski definition) is 1. The second-order valence-electron chi connectivity index (χ2n) is 10.2. The van der Waals surface area contributed by atoms with E-state index in [-0.39, 0.29) is 11.9 Å². The summed E-state index contributed by atoms with van der Waals surface area (Å²) < 4.78 is 33.2. The molecular formula is C26H33F2N5O2S. The van der Waals surface area contributed by atoms with E-state index in [4.69, 9.17) is 4.74 Å². The van der Waals surface area contributed by atoms with E-state index >= 15 is 0 Å².